The largest absolute Gasteiger partial charge is 0.328 e. The highest BCUT2D eigenvalue weighted by atomic mass is 16.2. The number of carbonyl (C=O) groups is 1. The van der Waals surface area contributed by atoms with Crippen LogP contribution in [0.4, 0.5) is 5.69 Å². The molecule has 0 bridgehead atoms. The summed E-state index contributed by atoms with van der Waals surface area (Å²) in [6.07, 6.45) is 5.01. The van der Waals surface area contributed by atoms with E-state index in [9.17, 15) is 4.79 Å². The molecule has 1 saturated heterocycles. The Hall–Kier alpha value is -1.35. The fourth-order valence-corrected chi connectivity index (χ4v) is 3.69. The van der Waals surface area contributed by atoms with Crippen LogP contribution in [0.25, 0.3) is 0 Å². The molecule has 2 N–H and O–H groups in total. The van der Waals surface area contributed by atoms with Crippen LogP contribution in [0.15, 0.2) is 24.3 Å². The van der Waals surface area contributed by atoms with E-state index in [1.807, 2.05) is 17.0 Å². The van der Waals surface area contributed by atoms with Gasteiger partial charge in [-0.2, -0.15) is 0 Å². The van der Waals surface area contributed by atoms with Crippen LogP contribution < -0.4 is 10.6 Å². The molecule has 0 radical (unpaired) electrons. The van der Waals surface area contributed by atoms with Gasteiger partial charge >= 0.3 is 0 Å². The highest BCUT2D eigenvalue weighted by Crippen LogP contribution is 2.45. The van der Waals surface area contributed by atoms with Crippen molar-refractivity contribution in [2.75, 3.05) is 11.4 Å². The Morgan fingerprint density at radius 2 is 2.21 bits per heavy atom. The Kier molecular flexibility index (Phi) is 3.09. The van der Waals surface area contributed by atoms with Gasteiger partial charge in [-0.1, -0.05) is 18.6 Å². The summed E-state index contributed by atoms with van der Waals surface area (Å²) in [5, 5.41) is 0. The van der Waals surface area contributed by atoms with E-state index in [0.717, 1.165) is 44.3 Å². The quantitative estimate of drug-likeness (QED) is 0.841. The minimum atomic E-state index is -0.165. The van der Waals surface area contributed by atoms with Crippen molar-refractivity contribution < 1.29 is 4.79 Å². The van der Waals surface area contributed by atoms with Gasteiger partial charge in [-0.05, 0) is 50.3 Å². The fraction of sp³-hybridized carbons (Fsp3) is 0.562. The van der Waals surface area contributed by atoms with Crippen LogP contribution >= 0.6 is 0 Å². The van der Waals surface area contributed by atoms with Gasteiger partial charge in [0.1, 0.15) is 0 Å². The molecule has 1 aliphatic heterocycles. The van der Waals surface area contributed by atoms with Gasteiger partial charge in [0.2, 0.25) is 5.91 Å². The van der Waals surface area contributed by atoms with Crippen LogP contribution in [0, 0.1) is 12.3 Å². The number of anilines is 1. The van der Waals surface area contributed by atoms with Crippen LogP contribution in [-0.2, 0) is 4.79 Å². The Morgan fingerprint density at radius 1 is 1.37 bits per heavy atom. The molecule has 1 aromatic rings. The number of nitrogens with two attached hydrogens (primary N) is 1. The lowest BCUT2D eigenvalue weighted by atomic mass is 9.71. The van der Waals surface area contributed by atoms with Gasteiger partial charge in [-0.3, -0.25) is 4.79 Å². The molecule has 3 nitrogen and oxygen atoms in total. The second kappa shape index (κ2) is 4.64. The van der Waals surface area contributed by atoms with Gasteiger partial charge in [0.25, 0.3) is 0 Å². The van der Waals surface area contributed by atoms with Crippen molar-refractivity contribution in [2.24, 2.45) is 11.1 Å². The summed E-state index contributed by atoms with van der Waals surface area (Å²) in [4.78, 5) is 14.8. The van der Waals surface area contributed by atoms with Crippen molar-refractivity contribution in [1.82, 2.24) is 0 Å². The van der Waals surface area contributed by atoms with E-state index >= 15 is 0 Å². The first kappa shape index (κ1) is 12.7. The third kappa shape index (κ3) is 2.16. The van der Waals surface area contributed by atoms with Crippen molar-refractivity contribution >= 4 is 11.6 Å². The molecule has 1 amide bonds. The van der Waals surface area contributed by atoms with Crippen LogP contribution in [0.1, 0.15) is 37.7 Å². The molecule has 2 aliphatic rings. The Morgan fingerprint density at radius 3 is 2.95 bits per heavy atom. The molecule has 3 rings (SSSR count). The summed E-state index contributed by atoms with van der Waals surface area (Å²) < 4.78 is 0. The lowest BCUT2D eigenvalue weighted by Crippen LogP contribution is -2.42. The molecule has 0 aromatic heterocycles. The molecule has 1 spiro atoms. The van der Waals surface area contributed by atoms with Crippen LogP contribution in [-0.4, -0.2) is 18.5 Å². The van der Waals surface area contributed by atoms with Gasteiger partial charge in [0, 0.05) is 18.3 Å². The van der Waals surface area contributed by atoms with E-state index in [2.05, 4.69) is 19.1 Å². The van der Waals surface area contributed by atoms with E-state index in [4.69, 9.17) is 5.73 Å². The number of benzene rings is 1. The van der Waals surface area contributed by atoms with E-state index in [-0.39, 0.29) is 11.5 Å². The van der Waals surface area contributed by atoms with Crippen molar-refractivity contribution in [1.29, 1.82) is 0 Å². The van der Waals surface area contributed by atoms with Crippen molar-refractivity contribution in [3.63, 3.8) is 0 Å². The summed E-state index contributed by atoms with van der Waals surface area (Å²) in [6, 6.07) is 8.42. The number of rotatable bonds is 1. The minimum Gasteiger partial charge on any atom is -0.328 e. The molecule has 19 heavy (non-hydrogen) atoms. The van der Waals surface area contributed by atoms with E-state index in [0.29, 0.717) is 5.91 Å². The summed E-state index contributed by atoms with van der Waals surface area (Å²) in [6.45, 7) is 2.91. The number of hydrogen-bond donors (Lipinski definition) is 1. The average Bonchev–Trinajstić information content (AvgIpc) is 2.67. The molecule has 2 fully saturated rings. The minimum absolute atomic E-state index is 0.165. The predicted octanol–water partition coefficient (Wildman–Crippen LogP) is 2.62. The molecule has 102 valence electrons. The van der Waals surface area contributed by atoms with Gasteiger partial charge in [0.15, 0.2) is 0 Å². The third-order valence-electron chi connectivity index (χ3n) is 4.71. The van der Waals surface area contributed by atoms with Gasteiger partial charge in [0.05, 0.1) is 5.41 Å². The highest BCUT2D eigenvalue weighted by Gasteiger charge is 2.48. The summed E-state index contributed by atoms with van der Waals surface area (Å²) in [7, 11) is 0. The van der Waals surface area contributed by atoms with Crippen molar-refractivity contribution in [3.8, 4) is 0 Å². The van der Waals surface area contributed by atoms with Crippen molar-refractivity contribution in [3.05, 3.63) is 29.8 Å². The van der Waals surface area contributed by atoms with Crippen LogP contribution in [0.2, 0.25) is 0 Å². The fourth-order valence-electron chi connectivity index (χ4n) is 3.69. The number of carbonyl (C=O) groups excluding carboxylic acids is 1. The first-order valence-corrected chi connectivity index (χ1v) is 7.25. The van der Waals surface area contributed by atoms with Gasteiger partial charge in [-0.15, -0.1) is 0 Å². The third-order valence-corrected chi connectivity index (χ3v) is 4.71. The molecule has 2 unspecified atom stereocenters. The molecular weight excluding hydrogens is 236 g/mol. The highest BCUT2D eigenvalue weighted by molar-refractivity contribution is 6.00. The smallest absolute Gasteiger partial charge is 0.233 e. The first-order valence-electron chi connectivity index (χ1n) is 7.25. The normalized spacial score (nSPS) is 31.2. The number of amides is 1. The maximum atomic E-state index is 12.8. The molecular formula is C16H22N2O. The standard InChI is InChI=1S/C16H22N2O/c1-12-4-2-6-14(10-12)18-9-8-16(15(18)19)7-3-5-13(17)11-16/h2,4,6,10,13H,3,5,7-9,11,17H2,1H3. The molecule has 1 aromatic carbocycles. The van der Waals surface area contributed by atoms with E-state index in [1.54, 1.807) is 0 Å². The monoisotopic (exact) mass is 258 g/mol. The Labute approximate surface area is 114 Å². The molecule has 3 heteroatoms. The van der Waals surface area contributed by atoms with Gasteiger partial charge < -0.3 is 10.6 Å². The summed E-state index contributed by atoms with van der Waals surface area (Å²) >= 11 is 0. The summed E-state index contributed by atoms with van der Waals surface area (Å²) in [5.74, 6) is 0.299. The zero-order chi connectivity index (χ0) is 13.5. The maximum absolute atomic E-state index is 12.8. The van der Waals surface area contributed by atoms with Gasteiger partial charge in [-0.25, -0.2) is 0 Å². The molecule has 1 aliphatic carbocycles. The number of aryl methyl sites for hydroxylation is 1. The SMILES string of the molecule is Cc1cccc(N2CCC3(CCCC(N)C3)C2=O)c1. The first-order chi connectivity index (χ1) is 9.11. The lowest BCUT2D eigenvalue weighted by molar-refractivity contribution is -0.127. The zero-order valence-electron chi connectivity index (χ0n) is 11.6. The average molecular weight is 258 g/mol. The summed E-state index contributed by atoms with van der Waals surface area (Å²) in [5.41, 5.74) is 8.17. The van der Waals surface area contributed by atoms with Crippen LogP contribution in [0.5, 0.6) is 0 Å². The topological polar surface area (TPSA) is 46.3 Å². The molecule has 1 saturated carbocycles. The second-order valence-corrected chi connectivity index (χ2v) is 6.18. The predicted molar refractivity (Wildman–Crippen MR) is 77.0 cm³/mol. The van der Waals surface area contributed by atoms with Crippen LogP contribution in [0.3, 0.4) is 0 Å². The lowest BCUT2D eigenvalue weighted by Gasteiger charge is -2.35. The Bertz CT molecular complexity index is 499. The Balaban J connectivity index is 1.86. The number of nitrogens with zero attached hydrogens (tertiary/aromatic N) is 1. The zero-order valence-corrected chi connectivity index (χ0v) is 11.6. The van der Waals surface area contributed by atoms with E-state index in [1.165, 1.54) is 5.56 Å². The molecule has 1 heterocycles. The molecule has 2 atom stereocenters. The van der Waals surface area contributed by atoms with Crippen molar-refractivity contribution in [2.45, 2.75) is 45.1 Å². The number of hydrogen-bond acceptors (Lipinski definition) is 2. The second-order valence-electron chi connectivity index (χ2n) is 6.18. The maximum Gasteiger partial charge on any atom is 0.233 e. The van der Waals surface area contributed by atoms with E-state index < -0.39 is 0 Å².